The van der Waals surface area contributed by atoms with Crippen molar-refractivity contribution in [1.29, 1.82) is 0 Å². The molecule has 2 aromatic rings. The van der Waals surface area contributed by atoms with Crippen LogP contribution in [0.5, 0.6) is 0 Å². The number of nitrogens with one attached hydrogen (secondary N) is 2. The lowest BCUT2D eigenvalue weighted by molar-refractivity contribution is 0.280. The molecule has 1 heterocycles. The molecule has 0 saturated carbocycles. The van der Waals surface area contributed by atoms with E-state index in [0.717, 1.165) is 5.56 Å². The number of aryl methyl sites for hydroxylation is 1. The summed E-state index contributed by atoms with van der Waals surface area (Å²) in [4.78, 5) is 3.94. The summed E-state index contributed by atoms with van der Waals surface area (Å²) in [7, 11) is -3.63. The van der Waals surface area contributed by atoms with Crippen molar-refractivity contribution in [3.05, 3.63) is 41.5 Å². The van der Waals surface area contributed by atoms with Crippen molar-refractivity contribution >= 4 is 10.0 Å². The Morgan fingerprint density at radius 3 is 2.84 bits per heavy atom. The molecule has 7 nitrogen and oxygen atoms in total. The molecule has 0 atom stereocenters. The lowest BCUT2D eigenvalue weighted by Gasteiger charge is -2.08. The summed E-state index contributed by atoms with van der Waals surface area (Å²) in [5.74, 6) is 0.429. The molecule has 1 aromatic carbocycles. The van der Waals surface area contributed by atoms with Crippen molar-refractivity contribution in [2.24, 2.45) is 0 Å². The number of rotatable bonds is 5. The zero-order chi connectivity index (χ0) is 13.9. The number of hydrogen-bond acceptors (Lipinski definition) is 5. The van der Waals surface area contributed by atoms with Gasteiger partial charge in [0.1, 0.15) is 12.2 Å². The van der Waals surface area contributed by atoms with Gasteiger partial charge in [0.25, 0.3) is 0 Å². The van der Waals surface area contributed by atoms with E-state index in [2.05, 4.69) is 19.9 Å². The third-order valence-electron chi connectivity index (χ3n) is 2.70. The fraction of sp³-hybridized carbons (Fsp3) is 0.273. The molecular weight excluding hydrogens is 268 g/mol. The third-order valence-corrected chi connectivity index (χ3v) is 4.09. The average molecular weight is 282 g/mol. The van der Waals surface area contributed by atoms with Gasteiger partial charge in [0.05, 0.1) is 18.0 Å². The molecule has 0 unspecified atom stereocenters. The van der Waals surface area contributed by atoms with Gasteiger partial charge in [-0.3, -0.25) is 5.10 Å². The van der Waals surface area contributed by atoms with Crippen LogP contribution in [0.2, 0.25) is 0 Å². The highest BCUT2D eigenvalue weighted by atomic mass is 32.2. The van der Waals surface area contributed by atoms with E-state index in [-0.39, 0.29) is 18.0 Å². The van der Waals surface area contributed by atoms with Gasteiger partial charge in [-0.25, -0.2) is 18.1 Å². The summed E-state index contributed by atoms with van der Waals surface area (Å²) in [6, 6.07) is 4.61. The normalized spacial score (nSPS) is 11.7. The lowest BCUT2D eigenvalue weighted by Crippen LogP contribution is -2.24. The molecule has 8 heteroatoms. The third kappa shape index (κ3) is 3.16. The highest BCUT2D eigenvalue weighted by molar-refractivity contribution is 7.89. The van der Waals surface area contributed by atoms with E-state index in [0.29, 0.717) is 11.4 Å². The molecule has 0 fully saturated rings. The van der Waals surface area contributed by atoms with E-state index >= 15 is 0 Å². The molecule has 0 aliphatic heterocycles. The topological polar surface area (TPSA) is 108 Å². The number of H-pyrrole nitrogens is 1. The molecular formula is C11H14N4O3S. The molecule has 0 amide bonds. The van der Waals surface area contributed by atoms with Crippen molar-refractivity contribution < 1.29 is 13.5 Å². The van der Waals surface area contributed by atoms with Crippen LogP contribution in [0.15, 0.2) is 29.4 Å². The van der Waals surface area contributed by atoms with E-state index in [1.165, 1.54) is 18.5 Å². The van der Waals surface area contributed by atoms with Crippen LogP contribution in [0.25, 0.3) is 0 Å². The van der Waals surface area contributed by atoms with E-state index in [9.17, 15) is 8.42 Å². The summed E-state index contributed by atoms with van der Waals surface area (Å²) < 4.78 is 26.5. The monoisotopic (exact) mass is 282 g/mol. The van der Waals surface area contributed by atoms with Gasteiger partial charge in [-0.1, -0.05) is 6.07 Å². The Bertz CT molecular complexity index is 653. The van der Waals surface area contributed by atoms with Crippen molar-refractivity contribution in [1.82, 2.24) is 19.9 Å². The van der Waals surface area contributed by atoms with E-state index in [1.54, 1.807) is 6.07 Å². The van der Waals surface area contributed by atoms with Crippen LogP contribution < -0.4 is 4.72 Å². The Kier molecular flexibility index (Phi) is 3.93. The largest absolute Gasteiger partial charge is 0.392 e. The fourth-order valence-electron chi connectivity index (χ4n) is 1.55. The summed E-state index contributed by atoms with van der Waals surface area (Å²) in [5, 5.41) is 15.3. The van der Waals surface area contributed by atoms with Crippen LogP contribution in [0.1, 0.15) is 17.0 Å². The molecule has 102 valence electrons. The summed E-state index contributed by atoms with van der Waals surface area (Å²) in [6.45, 7) is 1.64. The number of hydrogen-bond donors (Lipinski definition) is 3. The maximum Gasteiger partial charge on any atom is 0.240 e. The second-order valence-corrected chi connectivity index (χ2v) is 5.77. The number of benzene rings is 1. The van der Waals surface area contributed by atoms with Crippen LogP contribution in [-0.2, 0) is 23.2 Å². The van der Waals surface area contributed by atoms with E-state index < -0.39 is 10.0 Å². The van der Waals surface area contributed by atoms with Crippen LogP contribution in [0.3, 0.4) is 0 Å². The number of sulfonamides is 1. The summed E-state index contributed by atoms with van der Waals surface area (Å²) in [5.41, 5.74) is 1.43. The molecule has 19 heavy (non-hydrogen) atoms. The Labute approximate surface area is 110 Å². The molecule has 0 aliphatic rings. The van der Waals surface area contributed by atoms with Crippen molar-refractivity contribution in [3.8, 4) is 0 Å². The first kappa shape index (κ1) is 13.7. The van der Waals surface area contributed by atoms with E-state index in [1.807, 2.05) is 6.92 Å². The van der Waals surface area contributed by atoms with Crippen LogP contribution in [0.4, 0.5) is 0 Å². The maximum absolute atomic E-state index is 12.1. The Morgan fingerprint density at radius 1 is 1.42 bits per heavy atom. The smallest absolute Gasteiger partial charge is 0.240 e. The van der Waals surface area contributed by atoms with Gasteiger partial charge in [-0.15, -0.1) is 0 Å². The predicted octanol–water partition coefficient (Wildman–Crippen LogP) is 0.0839. The molecule has 0 radical (unpaired) electrons. The zero-order valence-electron chi connectivity index (χ0n) is 10.3. The summed E-state index contributed by atoms with van der Waals surface area (Å²) in [6.07, 6.45) is 1.30. The molecule has 0 spiro atoms. The standard InChI is InChI=1S/C11H14N4O3S/c1-8-2-3-10(4-9(8)6-16)19(17,18)14-5-11-12-7-13-15-11/h2-4,7,14,16H,5-6H2,1H3,(H,12,13,15). The number of aromatic amines is 1. The summed E-state index contributed by atoms with van der Waals surface area (Å²) >= 11 is 0. The SMILES string of the molecule is Cc1ccc(S(=O)(=O)NCc2ncn[nH]2)cc1CO. The van der Waals surface area contributed by atoms with Crippen molar-refractivity contribution in [2.75, 3.05) is 0 Å². The first-order chi connectivity index (χ1) is 9.03. The maximum atomic E-state index is 12.1. The minimum absolute atomic E-state index is 0.0324. The van der Waals surface area contributed by atoms with Gasteiger partial charge in [-0.2, -0.15) is 5.10 Å². The van der Waals surface area contributed by atoms with Crippen LogP contribution in [0, 0.1) is 6.92 Å². The second kappa shape index (κ2) is 5.47. The fourth-order valence-corrected chi connectivity index (χ4v) is 2.59. The van der Waals surface area contributed by atoms with Crippen molar-refractivity contribution in [3.63, 3.8) is 0 Å². The van der Waals surface area contributed by atoms with Crippen LogP contribution >= 0.6 is 0 Å². The first-order valence-electron chi connectivity index (χ1n) is 5.57. The van der Waals surface area contributed by atoms with Crippen molar-refractivity contribution in [2.45, 2.75) is 25.0 Å². The highest BCUT2D eigenvalue weighted by Gasteiger charge is 2.15. The molecule has 3 N–H and O–H groups in total. The molecule has 0 bridgehead atoms. The molecule has 0 saturated heterocycles. The van der Waals surface area contributed by atoms with Gasteiger partial charge < -0.3 is 5.11 Å². The Balaban J connectivity index is 2.19. The lowest BCUT2D eigenvalue weighted by atomic mass is 10.1. The Hall–Kier alpha value is -1.77. The molecule has 0 aliphatic carbocycles. The average Bonchev–Trinajstić information content (AvgIpc) is 2.90. The quantitative estimate of drug-likeness (QED) is 0.720. The van der Waals surface area contributed by atoms with Crippen LogP contribution in [-0.4, -0.2) is 28.7 Å². The number of aromatic nitrogens is 3. The van der Waals surface area contributed by atoms with Gasteiger partial charge in [0.15, 0.2) is 0 Å². The predicted molar refractivity (Wildman–Crippen MR) is 67.5 cm³/mol. The van der Waals surface area contributed by atoms with Gasteiger partial charge in [0, 0.05) is 0 Å². The number of nitrogens with zero attached hydrogens (tertiary/aromatic N) is 2. The Morgan fingerprint density at radius 2 is 2.21 bits per heavy atom. The van der Waals surface area contributed by atoms with Gasteiger partial charge >= 0.3 is 0 Å². The van der Waals surface area contributed by atoms with Gasteiger partial charge in [0.2, 0.25) is 10.0 Å². The van der Waals surface area contributed by atoms with Gasteiger partial charge in [-0.05, 0) is 30.2 Å². The molecule has 2 rings (SSSR count). The van der Waals surface area contributed by atoms with E-state index in [4.69, 9.17) is 5.11 Å². The number of aliphatic hydroxyl groups is 1. The second-order valence-electron chi connectivity index (χ2n) is 4.00. The molecule has 1 aromatic heterocycles. The first-order valence-corrected chi connectivity index (χ1v) is 7.05. The zero-order valence-corrected chi connectivity index (χ0v) is 11.1. The number of aliphatic hydroxyl groups excluding tert-OH is 1. The minimum Gasteiger partial charge on any atom is -0.392 e. The minimum atomic E-state index is -3.63. The highest BCUT2D eigenvalue weighted by Crippen LogP contribution is 2.15.